The molecule has 2 heterocycles. The number of aromatic amines is 1. The molecule has 0 aromatic carbocycles. The highest BCUT2D eigenvalue weighted by molar-refractivity contribution is 5.58. The van der Waals surface area contributed by atoms with E-state index in [1.165, 1.54) is 5.56 Å². The molecule has 0 amide bonds. The first-order chi connectivity index (χ1) is 8.46. The molecule has 18 heavy (non-hydrogen) atoms. The van der Waals surface area contributed by atoms with E-state index < -0.39 is 0 Å². The summed E-state index contributed by atoms with van der Waals surface area (Å²) in [7, 11) is 0. The zero-order chi connectivity index (χ0) is 13.2. The number of nitrogens with zero attached hydrogens (tertiary/aromatic N) is 2. The van der Waals surface area contributed by atoms with Gasteiger partial charge in [0.1, 0.15) is 5.82 Å². The molecule has 2 aromatic rings. The third kappa shape index (κ3) is 3.17. The van der Waals surface area contributed by atoms with Crippen LogP contribution in [0.1, 0.15) is 32.0 Å². The Morgan fingerprint density at radius 1 is 1.28 bits per heavy atom. The van der Waals surface area contributed by atoms with E-state index >= 15 is 0 Å². The zero-order valence-electron chi connectivity index (χ0n) is 11.4. The Hall–Kier alpha value is -1.68. The number of aryl methyl sites for hydroxylation is 1. The first-order valence-corrected chi connectivity index (χ1v) is 6.15. The van der Waals surface area contributed by atoms with Crippen LogP contribution in [0.25, 0.3) is 11.4 Å². The Morgan fingerprint density at radius 3 is 2.72 bits per heavy atom. The van der Waals surface area contributed by atoms with Crippen molar-refractivity contribution in [3.8, 4) is 11.4 Å². The lowest BCUT2D eigenvalue weighted by molar-refractivity contribution is 0.422. The first kappa shape index (κ1) is 12.8. The van der Waals surface area contributed by atoms with Gasteiger partial charge in [-0.2, -0.15) is 0 Å². The quantitative estimate of drug-likeness (QED) is 0.872. The van der Waals surface area contributed by atoms with E-state index in [1.54, 1.807) is 6.20 Å². The molecule has 0 fully saturated rings. The number of aromatic nitrogens is 3. The predicted octanol–water partition coefficient (Wildman–Crippen LogP) is 2.67. The number of nitrogens with one attached hydrogen (secondary N) is 2. The van der Waals surface area contributed by atoms with E-state index in [9.17, 15) is 0 Å². The molecular weight excluding hydrogens is 224 g/mol. The first-order valence-electron chi connectivity index (χ1n) is 6.15. The molecule has 2 aromatic heterocycles. The number of rotatable bonds is 3. The molecule has 0 bridgehead atoms. The van der Waals surface area contributed by atoms with Crippen LogP contribution in [0.2, 0.25) is 0 Å². The van der Waals surface area contributed by atoms with Crippen molar-refractivity contribution < 1.29 is 0 Å². The Kier molecular flexibility index (Phi) is 3.48. The van der Waals surface area contributed by atoms with E-state index in [0.29, 0.717) is 0 Å². The summed E-state index contributed by atoms with van der Waals surface area (Å²) >= 11 is 0. The lowest BCUT2D eigenvalue weighted by atomic mass is 10.1. The van der Waals surface area contributed by atoms with Gasteiger partial charge in [-0.05, 0) is 39.3 Å². The van der Waals surface area contributed by atoms with E-state index in [-0.39, 0.29) is 5.54 Å². The van der Waals surface area contributed by atoms with E-state index in [0.717, 1.165) is 23.6 Å². The van der Waals surface area contributed by atoms with Crippen LogP contribution in [0.15, 0.2) is 24.7 Å². The third-order valence-corrected chi connectivity index (χ3v) is 2.73. The summed E-state index contributed by atoms with van der Waals surface area (Å²) in [6.07, 6.45) is 5.51. The largest absolute Gasteiger partial charge is 0.341 e. The molecule has 0 unspecified atom stereocenters. The summed E-state index contributed by atoms with van der Waals surface area (Å²) in [5.41, 5.74) is 3.42. The van der Waals surface area contributed by atoms with Crippen LogP contribution in [0.4, 0.5) is 0 Å². The van der Waals surface area contributed by atoms with Crippen LogP contribution in [-0.4, -0.2) is 20.5 Å². The molecule has 0 saturated heterocycles. The SMILES string of the molecule is Cc1ccncc1-c1ncc(CNC(C)(C)C)[nH]1. The standard InChI is InChI=1S/C14H20N4/c1-10-5-6-15-9-12(10)13-16-7-11(18-13)8-17-14(2,3)4/h5-7,9,17H,8H2,1-4H3,(H,16,18). The van der Waals surface area contributed by atoms with Gasteiger partial charge in [-0.25, -0.2) is 4.98 Å². The number of imidazole rings is 1. The molecule has 0 spiro atoms. The average molecular weight is 244 g/mol. The number of pyridine rings is 1. The maximum atomic E-state index is 4.41. The highest BCUT2D eigenvalue weighted by Gasteiger charge is 2.10. The summed E-state index contributed by atoms with van der Waals surface area (Å²) < 4.78 is 0. The minimum Gasteiger partial charge on any atom is -0.341 e. The summed E-state index contributed by atoms with van der Waals surface area (Å²) in [5.74, 6) is 0.881. The van der Waals surface area contributed by atoms with E-state index in [1.807, 2.05) is 18.5 Å². The number of hydrogen-bond acceptors (Lipinski definition) is 3. The fourth-order valence-corrected chi connectivity index (χ4v) is 1.66. The van der Waals surface area contributed by atoms with E-state index in [4.69, 9.17) is 0 Å². The van der Waals surface area contributed by atoms with E-state index in [2.05, 4.69) is 48.0 Å². The molecule has 2 N–H and O–H groups in total. The summed E-state index contributed by atoms with van der Waals surface area (Å²) in [6, 6.07) is 1.99. The predicted molar refractivity (Wildman–Crippen MR) is 73.1 cm³/mol. The minimum atomic E-state index is 0.107. The van der Waals surface area contributed by atoms with Gasteiger partial charge in [0, 0.05) is 41.9 Å². The van der Waals surface area contributed by atoms with Crippen molar-refractivity contribution in [2.45, 2.75) is 39.8 Å². The van der Waals surface area contributed by atoms with Crippen LogP contribution in [0.5, 0.6) is 0 Å². The Bertz CT molecular complexity index is 523. The van der Waals surface area contributed by atoms with Crippen molar-refractivity contribution in [2.75, 3.05) is 0 Å². The van der Waals surface area contributed by atoms with Crippen LogP contribution in [0, 0.1) is 6.92 Å². The Morgan fingerprint density at radius 2 is 2.06 bits per heavy atom. The monoisotopic (exact) mass is 244 g/mol. The lowest BCUT2D eigenvalue weighted by Gasteiger charge is -2.19. The molecular formula is C14H20N4. The van der Waals surface area contributed by atoms with Gasteiger partial charge in [-0.15, -0.1) is 0 Å². The summed E-state index contributed by atoms with van der Waals surface area (Å²) in [5, 5.41) is 3.43. The second-order valence-electron chi connectivity index (χ2n) is 5.55. The van der Waals surface area contributed by atoms with Gasteiger partial charge in [-0.3, -0.25) is 4.98 Å². The minimum absolute atomic E-state index is 0.107. The van der Waals surface area contributed by atoms with Crippen LogP contribution in [-0.2, 0) is 6.54 Å². The molecule has 4 nitrogen and oxygen atoms in total. The Labute approximate surface area is 108 Å². The normalized spacial score (nSPS) is 11.8. The lowest BCUT2D eigenvalue weighted by Crippen LogP contribution is -2.35. The van der Waals surface area contributed by atoms with Gasteiger partial charge < -0.3 is 10.3 Å². The topological polar surface area (TPSA) is 53.6 Å². The van der Waals surface area contributed by atoms with Gasteiger partial charge in [-0.1, -0.05) is 0 Å². The number of H-pyrrole nitrogens is 1. The van der Waals surface area contributed by atoms with Crippen LogP contribution in [0.3, 0.4) is 0 Å². The maximum Gasteiger partial charge on any atom is 0.139 e. The highest BCUT2D eigenvalue weighted by atomic mass is 15.0. The van der Waals surface area contributed by atoms with Gasteiger partial charge in [0.15, 0.2) is 0 Å². The summed E-state index contributed by atoms with van der Waals surface area (Å²) in [6.45, 7) is 9.29. The zero-order valence-corrected chi connectivity index (χ0v) is 11.4. The molecule has 0 aliphatic heterocycles. The molecule has 2 rings (SSSR count). The Balaban J connectivity index is 2.14. The molecule has 4 heteroatoms. The van der Waals surface area contributed by atoms with Crippen molar-refractivity contribution in [3.63, 3.8) is 0 Å². The maximum absolute atomic E-state index is 4.41. The van der Waals surface area contributed by atoms with Crippen molar-refractivity contribution in [3.05, 3.63) is 35.9 Å². The van der Waals surface area contributed by atoms with Gasteiger partial charge >= 0.3 is 0 Å². The summed E-state index contributed by atoms with van der Waals surface area (Å²) in [4.78, 5) is 11.9. The van der Waals surface area contributed by atoms with Gasteiger partial charge in [0.05, 0.1) is 0 Å². The molecule has 0 aliphatic rings. The second kappa shape index (κ2) is 4.90. The van der Waals surface area contributed by atoms with Crippen molar-refractivity contribution in [1.29, 1.82) is 0 Å². The van der Waals surface area contributed by atoms with Crippen molar-refractivity contribution >= 4 is 0 Å². The van der Waals surface area contributed by atoms with Crippen LogP contribution < -0.4 is 5.32 Å². The van der Waals surface area contributed by atoms with Gasteiger partial charge in [0.2, 0.25) is 0 Å². The van der Waals surface area contributed by atoms with Crippen molar-refractivity contribution in [1.82, 2.24) is 20.3 Å². The fraction of sp³-hybridized carbons (Fsp3) is 0.429. The van der Waals surface area contributed by atoms with Gasteiger partial charge in [0.25, 0.3) is 0 Å². The molecule has 0 saturated carbocycles. The van der Waals surface area contributed by atoms with Crippen molar-refractivity contribution in [2.24, 2.45) is 0 Å². The molecule has 96 valence electrons. The highest BCUT2D eigenvalue weighted by Crippen LogP contribution is 2.18. The molecule has 0 atom stereocenters. The number of hydrogen-bond donors (Lipinski definition) is 2. The molecule has 0 radical (unpaired) electrons. The average Bonchev–Trinajstić information content (AvgIpc) is 2.75. The third-order valence-electron chi connectivity index (χ3n) is 2.73. The molecule has 0 aliphatic carbocycles. The smallest absolute Gasteiger partial charge is 0.139 e. The van der Waals surface area contributed by atoms with Crippen LogP contribution >= 0.6 is 0 Å². The second-order valence-corrected chi connectivity index (χ2v) is 5.55. The fourth-order valence-electron chi connectivity index (χ4n) is 1.66.